The van der Waals surface area contributed by atoms with Crippen LogP contribution in [0.2, 0.25) is 0 Å². The highest BCUT2D eigenvalue weighted by atomic mass is 79.9. The molecule has 0 saturated carbocycles. The Balaban J connectivity index is 1.19. The molecule has 0 fully saturated rings. The van der Waals surface area contributed by atoms with Crippen molar-refractivity contribution in [2.75, 3.05) is 34.4 Å². The van der Waals surface area contributed by atoms with Crippen molar-refractivity contribution in [1.29, 1.82) is 5.41 Å². The molecule has 0 unspecified atom stereocenters. The highest BCUT2D eigenvalue weighted by Gasteiger charge is 2.20. The summed E-state index contributed by atoms with van der Waals surface area (Å²) in [5, 5.41) is 24.2. The minimum atomic E-state index is -0.473. The quantitative estimate of drug-likeness (QED) is 0.0399. The van der Waals surface area contributed by atoms with Crippen LogP contribution in [0, 0.1) is 5.41 Å². The maximum Gasteiger partial charge on any atom is 0.272 e. The Kier molecular flexibility index (Phi) is 10.4. The van der Waals surface area contributed by atoms with Crippen LogP contribution in [0.15, 0.2) is 72.1 Å². The van der Waals surface area contributed by atoms with Gasteiger partial charge in [-0.1, -0.05) is 6.58 Å². The Bertz CT molecular complexity index is 2220. The van der Waals surface area contributed by atoms with Crippen LogP contribution in [-0.4, -0.2) is 67.3 Å². The maximum atomic E-state index is 13.2. The van der Waals surface area contributed by atoms with E-state index in [4.69, 9.17) is 11.1 Å². The molecule has 0 aliphatic rings. The fourth-order valence-corrected chi connectivity index (χ4v) is 5.26. The van der Waals surface area contributed by atoms with E-state index in [1.165, 1.54) is 18.2 Å². The molecule has 1 aromatic carbocycles. The van der Waals surface area contributed by atoms with E-state index in [1.807, 2.05) is 0 Å². The standard InChI is InChI=1S/C33H35BrN12O5/c1-17(34)28(47)39-19-5-6-23-18(9-19)10-24(43-23)29(48)40-20-12-26(45(3)14-20)31(50)42-22-13-27(46(4)16-22)32(51)41-21-11-25(44(2)15-21)30(49)37-7-8-38-33(35)36/h5-6,9-16,43H,1,7-8H2,2-4H3,(H,37,49)(H,39,47)(H,40,48)(H,41,51)(H,42,50)(H4,35,36,38). The number of hydrogen-bond donors (Lipinski definition) is 9. The van der Waals surface area contributed by atoms with Gasteiger partial charge in [0.1, 0.15) is 22.8 Å². The second kappa shape index (κ2) is 14.9. The van der Waals surface area contributed by atoms with Gasteiger partial charge in [-0.25, -0.2) is 0 Å². The first-order valence-electron chi connectivity index (χ1n) is 15.3. The first-order valence-corrected chi connectivity index (χ1v) is 16.1. The van der Waals surface area contributed by atoms with E-state index in [1.54, 1.807) is 77.7 Å². The number of amides is 5. The zero-order valence-electron chi connectivity index (χ0n) is 27.7. The van der Waals surface area contributed by atoms with E-state index in [-0.39, 0.29) is 52.4 Å². The largest absolute Gasteiger partial charge is 0.370 e. The highest BCUT2D eigenvalue weighted by molar-refractivity contribution is 9.12. The van der Waals surface area contributed by atoms with Crippen LogP contribution in [0.5, 0.6) is 0 Å². The minimum absolute atomic E-state index is 0.185. The number of anilines is 4. The maximum absolute atomic E-state index is 13.2. The van der Waals surface area contributed by atoms with Gasteiger partial charge in [-0.2, -0.15) is 0 Å². The molecule has 0 saturated heterocycles. The van der Waals surface area contributed by atoms with Gasteiger partial charge in [0.2, 0.25) is 0 Å². The molecular weight excluding hydrogens is 724 g/mol. The Labute approximate surface area is 299 Å². The first kappa shape index (κ1) is 35.7. The number of nitrogens with zero attached hydrogens (tertiary/aromatic N) is 3. The summed E-state index contributed by atoms with van der Waals surface area (Å²) >= 11 is 3.04. The highest BCUT2D eigenvalue weighted by Crippen LogP contribution is 2.23. The lowest BCUT2D eigenvalue weighted by atomic mass is 10.2. The van der Waals surface area contributed by atoms with Gasteiger partial charge in [-0.05, 0) is 58.4 Å². The average molecular weight is 760 g/mol. The van der Waals surface area contributed by atoms with E-state index in [9.17, 15) is 24.0 Å². The fourth-order valence-electron chi connectivity index (χ4n) is 5.16. The van der Waals surface area contributed by atoms with E-state index in [0.29, 0.717) is 39.3 Å². The van der Waals surface area contributed by atoms with Crippen molar-refractivity contribution in [3.63, 3.8) is 0 Å². The number of guanidine groups is 1. The molecule has 5 rings (SSSR count). The molecule has 0 bridgehead atoms. The van der Waals surface area contributed by atoms with Gasteiger partial charge < -0.3 is 56.3 Å². The summed E-state index contributed by atoms with van der Waals surface area (Å²) in [6.07, 6.45) is 4.77. The number of hydrogen-bond acceptors (Lipinski definition) is 6. The lowest BCUT2D eigenvalue weighted by molar-refractivity contribution is -0.112. The van der Waals surface area contributed by atoms with Crippen LogP contribution in [0.3, 0.4) is 0 Å². The minimum Gasteiger partial charge on any atom is -0.370 e. The number of H-pyrrole nitrogens is 1. The summed E-state index contributed by atoms with van der Waals surface area (Å²) in [4.78, 5) is 66.9. The molecule has 0 aliphatic heterocycles. The molecule has 264 valence electrons. The number of carbonyl (C=O) groups excluding carboxylic acids is 5. The molecule has 18 heteroatoms. The molecule has 0 radical (unpaired) electrons. The van der Waals surface area contributed by atoms with Gasteiger partial charge >= 0.3 is 0 Å². The van der Waals surface area contributed by atoms with Crippen molar-refractivity contribution in [2.45, 2.75) is 0 Å². The molecule has 17 nitrogen and oxygen atoms in total. The van der Waals surface area contributed by atoms with E-state index >= 15 is 0 Å². The van der Waals surface area contributed by atoms with Crippen molar-refractivity contribution < 1.29 is 24.0 Å². The molecule has 51 heavy (non-hydrogen) atoms. The number of carbonyl (C=O) groups is 5. The molecule has 5 amide bonds. The number of benzene rings is 1. The zero-order chi connectivity index (χ0) is 37.0. The van der Waals surface area contributed by atoms with Crippen LogP contribution in [0.1, 0.15) is 42.0 Å². The summed E-state index contributed by atoms with van der Waals surface area (Å²) in [5.41, 5.74) is 8.68. The number of aromatic amines is 1. The SMILES string of the molecule is C=C(Br)C(=O)Nc1ccc2[nH]c(C(=O)Nc3cc(C(=O)Nc4cc(C(=O)Nc5cc(C(=O)NCCNC(=N)N)n(C)c5)n(C)c4)n(C)c3)cc2c1. The zero-order valence-corrected chi connectivity index (χ0v) is 29.3. The van der Waals surface area contributed by atoms with Crippen LogP contribution >= 0.6 is 15.9 Å². The molecule has 4 aromatic heterocycles. The van der Waals surface area contributed by atoms with E-state index in [0.717, 1.165) is 0 Å². The summed E-state index contributed by atoms with van der Waals surface area (Å²) in [7, 11) is 4.98. The lowest BCUT2D eigenvalue weighted by Crippen LogP contribution is -2.38. The van der Waals surface area contributed by atoms with Gasteiger partial charge in [0.25, 0.3) is 29.5 Å². The third kappa shape index (κ3) is 8.54. The molecule has 10 N–H and O–H groups in total. The van der Waals surface area contributed by atoms with Gasteiger partial charge in [0.15, 0.2) is 5.96 Å². The van der Waals surface area contributed by atoms with Crippen molar-refractivity contribution in [3.05, 3.63) is 94.9 Å². The third-order valence-corrected chi connectivity index (χ3v) is 7.94. The number of aryl methyl sites for hydroxylation is 3. The van der Waals surface area contributed by atoms with E-state index < -0.39 is 17.7 Å². The van der Waals surface area contributed by atoms with Crippen LogP contribution in [0.25, 0.3) is 10.9 Å². The van der Waals surface area contributed by atoms with Crippen molar-refractivity contribution in [2.24, 2.45) is 26.9 Å². The number of nitrogens with two attached hydrogens (primary N) is 1. The Morgan fingerprint density at radius 2 is 1.20 bits per heavy atom. The number of rotatable bonds is 12. The number of halogens is 1. The van der Waals surface area contributed by atoms with Crippen molar-refractivity contribution in [3.8, 4) is 0 Å². The van der Waals surface area contributed by atoms with Gasteiger partial charge in [0, 0.05) is 69.4 Å². The lowest BCUT2D eigenvalue weighted by Gasteiger charge is -2.06. The molecular formula is C33H35BrN12O5. The number of aromatic nitrogens is 4. The fraction of sp³-hybridized carbons (Fsp3) is 0.152. The van der Waals surface area contributed by atoms with Crippen molar-refractivity contribution >= 4 is 85.1 Å². The van der Waals surface area contributed by atoms with Crippen LogP contribution < -0.4 is 37.6 Å². The normalized spacial score (nSPS) is 10.7. The summed E-state index contributed by atoms with van der Waals surface area (Å²) in [5.74, 6) is -2.32. The summed E-state index contributed by atoms with van der Waals surface area (Å²) in [6.45, 7) is 4.08. The second-order valence-corrected chi connectivity index (χ2v) is 12.4. The Morgan fingerprint density at radius 3 is 1.71 bits per heavy atom. The average Bonchev–Trinajstić information content (AvgIpc) is 3.84. The third-order valence-electron chi connectivity index (χ3n) is 7.58. The first-order chi connectivity index (χ1) is 24.2. The van der Waals surface area contributed by atoms with E-state index in [2.05, 4.69) is 59.4 Å². The molecule has 4 heterocycles. The number of nitrogens with one attached hydrogen (secondary N) is 8. The van der Waals surface area contributed by atoms with Gasteiger partial charge in [0.05, 0.1) is 21.5 Å². The molecule has 5 aromatic rings. The van der Waals surface area contributed by atoms with Crippen LogP contribution in [0.4, 0.5) is 22.7 Å². The topological polar surface area (TPSA) is 238 Å². The molecule has 0 aliphatic carbocycles. The summed E-state index contributed by atoms with van der Waals surface area (Å²) < 4.78 is 4.86. The predicted octanol–water partition coefficient (Wildman–Crippen LogP) is 3.00. The Hall–Kier alpha value is -6.56. The molecule has 0 spiro atoms. The monoisotopic (exact) mass is 758 g/mol. The predicted molar refractivity (Wildman–Crippen MR) is 197 cm³/mol. The molecule has 0 atom stereocenters. The smallest absolute Gasteiger partial charge is 0.272 e. The Morgan fingerprint density at radius 1 is 0.706 bits per heavy atom. The van der Waals surface area contributed by atoms with Gasteiger partial charge in [-0.3, -0.25) is 29.4 Å². The van der Waals surface area contributed by atoms with Crippen molar-refractivity contribution in [1.82, 2.24) is 29.3 Å². The van der Waals surface area contributed by atoms with Gasteiger partial charge in [-0.15, -0.1) is 0 Å². The number of fused-ring (bicyclic) bond motifs is 1. The second-order valence-electron chi connectivity index (χ2n) is 11.5. The summed E-state index contributed by atoms with van der Waals surface area (Å²) in [6, 6.07) is 11.4. The van der Waals surface area contributed by atoms with Crippen LogP contribution in [-0.2, 0) is 25.9 Å².